The molecule has 0 aliphatic rings. The van der Waals surface area contributed by atoms with Gasteiger partial charge in [0.15, 0.2) is 0 Å². The SMILES string of the molecule is Oc1cccc(C(F)(C(F)F)C(F)(F)F)c1. The summed E-state index contributed by atoms with van der Waals surface area (Å²) in [6.45, 7) is 0. The predicted octanol–water partition coefficient (Wildman–Crippen LogP) is 3.38. The van der Waals surface area contributed by atoms with Crippen LogP contribution in [0.5, 0.6) is 5.75 Å². The normalized spacial score (nSPS) is 16.2. The Balaban J connectivity index is 3.34. The van der Waals surface area contributed by atoms with Gasteiger partial charge in [0.25, 0.3) is 12.1 Å². The lowest BCUT2D eigenvalue weighted by molar-refractivity contribution is -0.274. The molecule has 0 aromatic heterocycles. The first-order valence-electron chi connectivity index (χ1n) is 4.03. The van der Waals surface area contributed by atoms with Crippen molar-refractivity contribution in [1.82, 2.24) is 0 Å². The number of aromatic hydroxyl groups is 1. The van der Waals surface area contributed by atoms with Crippen LogP contribution >= 0.6 is 0 Å². The topological polar surface area (TPSA) is 20.2 Å². The summed E-state index contributed by atoms with van der Waals surface area (Å²) in [5.74, 6) is -0.718. The molecule has 0 bridgehead atoms. The maximum Gasteiger partial charge on any atom is 0.432 e. The number of alkyl halides is 6. The highest BCUT2D eigenvalue weighted by molar-refractivity contribution is 5.33. The van der Waals surface area contributed by atoms with Crippen molar-refractivity contribution in [3.05, 3.63) is 29.8 Å². The number of phenols is 1. The highest BCUT2D eigenvalue weighted by atomic mass is 19.4. The third kappa shape index (κ3) is 1.94. The predicted molar refractivity (Wildman–Crippen MR) is 43.0 cm³/mol. The number of rotatable bonds is 2. The van der Waals surface area contributed by atoms with Crippen molar-refractivity contribution in [2.45, 2.75) is 18.3 Å². The Morgan fingerprint density at radius 1 is 1.06 bits per heavy atom. The largest absolute Gasteiger partial charge is 0.508 e. The van der Waals surface area contributed by atoms with E-state index in [1.54, 1.807) is 0 Å². The highest BCUT2D eigenvalue weighted by Crippen LogP contribution is 2.47. The Hall–Kier alpha value is -1.40. The van der Waals surface area contributed by atoms with E-state index in [0.29, 0.717) is 12.1 Å². The minimum absolute atomic E-state index is 0.319. The van der Waals surface area contributed by atoms with Crippen LogP contribution in [0.4, 0.5) is 26.3 Å². The zero-order chi connectivity index (χ0) is 12.6. The van der Waals surface area contributed by atoms with Gasteiger partial charge in [-0.2, -0.15) is 13.2 Å². The van der Waals surface area contributed by atoms with Gasteiger partial charge < -0.3 is 5.11 Å². The monoisotopic (exact) mass is 244 g/mol. The van der Waals surface area contributed by atoms with E-state index in [9.17, 15) is 26.3 Å². The molecule has 0 amide bonds. The van der Waals surface area contributed by atoms with E-state index in [-0.39, 0.29) is 0 Å². The van der Waals surface area contributed by atoms with Gasteiger partial charge in [-0.15, -0.1) is 0 Å². The van der Waals surface area contributed by atoms with Gasteiger partial charge in [-0.1, -0.05) is 12.1 Å². The fraction of sp³-hybridized carbons (Fsp3) is 0.333. The summed E-state index contributed by atoms with van der Waals surface area (Å²) in [6, 6.07) is 2.66. The first kappa shape index (κ1) is 12.7. The molecule has 1 aromatic carbocycles. The second-order valence-electron chi connectivity index (χ2n) is 3.06. The lowest BCUT2D eigenvalue weighted by Gasteiger charge is -2.27. The van der Waals surface area contributed by atoms with E-state index in [1.807, 2.05) is 0 Å². The molecule has 0 aliphatic heterocycles. The summed E-state index contributed by atoms with van der Waals surface area (Å²) in [5, 5.41) is 8.84. The molecular formula is C9H6F6O. The fourth-order valence-electron chi connectivity index (χ4n) is 1.15. The molecule has 0 saturated carbocycles. The fourth-order valence-corrected chi connectivity index (χ4v) is 1.15. The maximum atomic E-state index is 13.3. The highest BCUT2D eigenvalue weighted by Gasteiger charge is 2.64. The van der Waals surface area contributed by atoms with Crippen molar-refractivity contribution < 1.29 is 31.4 Å². The van der Waals surface area contributed by atoms with Crippen LogP contribution in [0, 0.1) is 0 Å². The molecule has 1 atom stereocenters. The van der Waals surface area contributed by atoms with Crippen LogP contribution in [-0.4, -0.2) is 17.7 Å². The van der Waals surface area contributed by atoms with Crippen LogP contribution in [0.1, 0.15) is 5.56 Å². The Labute approximate surface area is 86.3 Å². The van der Waals surface area contributed by atoms with Crippen LogP contribution in [0.15, 0.2) is 24.3 Å². The van der Waals surface area contributed by atoms with Crippen LogP contribution in [0.2, 0.25) is 0 Å². The molecule has 1 aromatic rings. The average molecular weight is 244 g/mol. The van der Waals surface area contributed by atoms with Crippen molar-refractivity contribution in [1.29, 1.82) is 0 Å². The summed E-state index contributed by atoms with van der Waals surface area (Å²) < 4.78 is 74.5. The second kappa shape index (κ2) is 3.88. The van der Waals surface area contributed by atoms with Crippen LogP contribution < -0.4 is 0 Å². The maximum absolute atomic E-state index is 13.3. The Kier molecular flexibility index (Phi) is 3.07. The molecule has 1 N–H and O–H groups in total. The van der Waals surface area contributed by atoms with Gasteiger partial charge in [-0.3, -0.25) is 0 Å². The quantitative estimate of drug-likeness (QED) is 0.790. The molecule has 0 radical (unpaired) electrons. The summed E-state index contributed by atoms with van der Waals surface area (Å²) in [4.78, 5) is 0. The third-order valence-electron chi connectivity index (χ3n) is 1.98. The summed E-state index contributed by atoms with van der Waals surface area (Å²) >= 11 is 0. The Bertz CT molecular complexity index is 375. The van der Waals surface area contributed by atoms with Crippen molar-refractivity contribution >= 4 is 0 Å². The zero-order valence-electron chi connectivity index (χ0n) is 7.60. The van der Waals surface area contributed by atoms with E-state index in [1.165, 1.54) is 0 Å². The molecule has 1 unspecified atom stereocenters. The third-order valence-corrected chi connectivity index (χ3v) is 1.98. The molecule has 7 heteroatoms. The van der Waals surface area contributed by atoms with E-state index in [4.69, 9.17) is 5.11 Å². The van der Waals surface area contributed by atoms with Crippen molar-refractivity contribution in [3.8, 4) is 5.75 Å². The first-order chi connectivity index (χ1) is 7.19. The standard InChI is InChI=1S/C9H6F6O/c10-7(11)8(12,9(13,14)15)5-2-1-3-6(16)4-5/h1-4,7,16H. The van der Waals surface area contributed by atoms with Crippen molar-refractivity contribution in [2.24, 2.45) is 0 Å². The van der Waals surface area contributed by atoms with E-state index in [0.717, 1.165) is 12.1 Å². The molecule has 1 nitrogen and oxygen atoms in total. The molecule has 0 heterocycles. The van der Waals surface area contributed by atoms with Crippen LogP contribution in [-0.2, 0) is 5.67 Å². The van der Waals surface area contributed by atoms with E-state index < -0.39 is 29.6 Å². The van der Waals surface area contributed by atoms with Gasteiger partial charge in [-0.25, -0.2) is 13.2 Å². The molecule has 0 aliphatic carbocycles. The molecule has 1 rings (SSSR count). The minimum Gasteiger partial charge on any atom is -0.508 e. The molecule has 0 spiro atoms. The summed E-state index contributed by atoms with van der Waals surface area (Å²) in [6.07, 6.45) is -10.0. The number of hydrogen-bond donors (Lipinski definition) is 1. The van der Waals surface area contributed by atoms with E-state index >= 15 is 0 Å². The first-order valence-corrected chi connectivity index (χ1v) is 4.03. The summed E-state index contributed by atoms with van der Waals surface area (Å²) in [7, 11) is 0. The number of halogens is 6. The molecule has 0 fully saturated rings. The molecule has 16 heavy (non-hydrogen) atoms. The van der Waals surface area contributed by atoms with Gasteiger partial charge in [-0.05, 0) is 12.1 Å². The smallest absolute Gasteiger partial charge is 0.432 e. The lowest BCUT2D eigenvalue weighted by Crippen LogP contribution is -2.44. The van der Waals surface area contributed by atoms with Gasteiger partial charge in [0.2, 0.25) is 0 Å². The van der Waals surface area contributed by atoms with Crippen molar-refractivity contribution in [2.75, 3.05) is 0 Å². The zero-order valence-corrected chi connectivity index (χ0v) is 7.60. The number of phenolic OH excluding ortho intramolecular Hbond substituents is 1. The van der Waals surface area contributed by atoms with Crippen LogP contribution in [0.25, 0.3) is 0 Å². The second-order valence-corrected chi connectivity index (χ2v) is 3.06. The molecular weight excluding hydrogens is 238 g/mol. The Morgan fingerprint density at radius 2 is 1.62 bits per heavy atom. The summed E-state index contributed by atoms with van der Waals surface area (Å²) in [5.41, 5.74) is -6.10. The van der Waals surface area contributed by atoms with Crippen molar-refractivity contribution in [3.63, 3.8) is 0 Å². The Morgan fingerprint density at radius 3 is 2.00 bits per heavy atom. The van der Waals surface area contributed by atoms with Gasteiger partial charge >= 0.3 is 6.18 Å². The van der Waals surface area contributed by atoms with E-state index in [2.05, 4.69) is 0 Å². The number of hydrogen-bond acceptors (Lipinski definition) is 1. The number of benzene rings is 1. The molecule has 0 saturated heterocycles. The minimum atomic E-state index is -5.76. The lowest BCUT2D eigenvalue weighted by atomic mass is 9.95. The molecule has 90 valence electrons. The van der Waals surface area contributed by atoms with Gasteiger partial charge in [0, 0.05) is 5.56 Å². The van der Waals surface area contributed by atoms with Crippen LogP contribution in [0.3, 0.4) is 0 Å². The van der Waals surface area contributed by atoms with Gasteiger partial charge in [0.05, 0.1) is 0 Å². The van der Waals surface area contributed by atoms with Gasteiger partial charge in [0.1, 0.15) is 5.75 Å². The average Bonchev–Trinajstić information content (AvgIpc) is 2.14.